The van der Waals surface area contributed by atoms with Crippen LogP contribution in [0.4, 0.5) is 0 Å². The summed E-state index contributed by atoms with van der Waals surface area (Å²) in [5.74, 6) is 1.80. The van der Waals surface area contributed by atoms with Crippen LogP contribution < -0.4 is 0 Å². The molecule has 0 amide bonds. The van der Waals surface area contributed by atoms with Crippen molar-refractivity contribution < 1.29 is 9.53 Å². The van der Waals surface area contributed by atoms with Crippen LogP contribution in [0.5, 0.6) is 0 Å². The highest BCUT2D eigenvalue weighted by atomic mass is 32.2. The van der Waals surface area contributed by atoms with Crippen LogP contribution in [0.15, 0.2) is 29.0 Å². The van der Waals surface area contributed by atoms with Crippen molar-refractivity contribution in [3.8, 4) is 0 Å². The second-order valence-electron chi connectivity index (χ2n) is 7.78. The lowest BCUT2D eigenvalue weighted by atomic mass is 9.75. The molecule has 5 nitrogen and oxygen atoms in total. The monoisotopic (exact) mass is 407 g/mol. The van der Waals surface area contributed by atoms with Crippen LogP contribution in [0, 0.1) is 17.8 Å². The Morgan fingerprint density at radius 3 is 3.04 bits per heavy atom. The predicted octanol–water partition coefficient (Wildman–Crippen LogP) is 4.68. The number of carbonyl (C=O) groups is 1. The third-order valence-corrected chi connectivity index (χ3v) is 7.21. The maximum atomic E-state index is 12.4. The fourth-order valence-corrected chi connectivity index (χ4v) is 5.19. The van der Waals surface area contributed by atoms with Gasteiger partial charge >= 0.3 is 5.97 Å². The molecule has 3 unspecified atom stereocenters. The number of hydrogen-bond acceptors (Lipinski definition) is 6. The van der Waals surface area contributed by atoms with Crippen LogP contribution in [0.3, 0.4) is 0 Å². The van der Waals surface area contributed by atoms with Crippen LogP contribution in [-0.2, 0) is 22.5 Å². The van der Waals surface area contributed by atoms with E-state index in [9.17, 15) is 4.79 Å². The number of aromatic nitrogens is 3. The molecule has 3 atom stereocenters. The highest BCUT2D eigenvalue weighted by molar-refractivity contribution is 7.99. The van der Waals surface area contributed by atoms with E-state index in [1.54, 1.807) is 17.7 Å². The van der Waals surface area contributed by atoms with Gasteiger partial charge in [0.15, 0.2) is 5.16 Å². The van der Waals surface area contributed by atoms with Gasteiger partial charge in [0.05, 0.1) is 5.75 Å². The van der Waals surface area contributed by atoms with E-state index in [0.717, 1.165) is 31.0 Å². The van der Waals surface area contributed by atoms with Crippen molar-refractivity contribution in [2.75, 3.05) is 5.75 Å². The van der Waals surface area contributed by atoms with Gasteiger partial charge in [-0.05, 0) is 48.5 Å². The second kappa shape index (κ2) is 9.73. The third kappa shape index (κ3) is 5.82. The van der Waals surface area contributed by atoms with Gasteiger partial charge in [0, 0.05) is 11.4 Å². The van der Waals surface area contributed by atoms with E-state index in [1.165, 1.54) is 23.1 Å². The van der Waals surface area contributed by atoms with E-state index >= 15 is 0 Å². The van der Waals surface area contributed by atoms with Crippen LogP contribution in [0.2, 0.25) is 0 Å². The van der Waals surface area contributed by atoms with E-state index in [4.69, 9.17) is 4.74 Å². The van der Waals surface area contributed by atoms with Crippen molar-refractivity contribution in [2.45, 2.75) is 64.3 Å². The van der Waals surface area contributed by atoms with Gasteiger partial charge in [-0.15, -0.1) is 21.5 Å². The third-order valence-electron chi connectivity index (χ3n) is 5.32. The van der Waals surface area contributed by atoms with Crippen LogP contribution in [0.25, 0.3) is 0 Å². The van der Waals surface area contributed by atoms with Gasteiger partial charge in [0.2, 0.25) is 0 Å². The van der Waals surface area contributed by atoms with Crippen molar-refractivity contribution in [3.05, 3.63) is 28.7 Å². The Hall–Kier alpha value is -1.34. The van der Waals surface area contributed by atoms with Gasteiger partial charge in [-0.1, -0.05) is 45.0 Å². The molecule has 27 heavy (non-hydrogen) atoms. The molecule has 0 aromatic carbocycles. The maximum absolute atomic E-state index is 12.4. The van der Waals surface area contributed by atoms with Crippen molar-refractivity contribution in [1.82, 2.24) is 14.8 Å². The summed E-state index contributed by atoms with van der Waals surface area (Å²) in [7, 11) is 0. The molecule has 2 aromatic heterocycles. The number of ether oxygens (including phenoxy) is 1. The summed E-state index contributed by atoms with van der Waals surface area (Å²) in [5.41, 5.74) is 0. The zero-order valence-electron chi connectivity index (χ0n) is 16.3. The number of aryl methyl sites for hydroxylation is 2. The van der Waals surface area contributed by atoms with Crippen LogP contribution >= 0.6 is 23.1 Å². The van der Waals surface area contributed by atoms with E-state index in [2.05, 4.69) is 48.5 Å². The lowest BCUT2D eigenvalue weighted by Crippen LogP contribution is -2.36. The number of rotatable bonds is 8. The summed E-state index contributed by atoms with van der Waals surface area (Å²) in [6.07, 6.45) is 6.11. The van der Waals surface area contributed by atoms with Crippen LogP contribution in [0.1, 0.15) is 44.9 Å². The zero-order valence-corrected chi connectivity index (χ0v) is 18.0. The fraction of sp³-hybridized carbons (Fsp3) is 0.650. The van der Waals surface area contributed by atoms with Crippen molar-refractivity contribution in [3.63, 3.8) is 0 Å². The summed E-state index contributed by atoms with van der Waals surface area (Å²) >= 11 is 3.17. The molecular weight excluding hydrogens is 378 g/mol. The molecule has 1 fully saturated rings. The molecule has 0 bridgehead atoms. The minimum absolute atomic E-state index is 0.0542. The smallest absolute Gasteiger partial charge is 0.316 e. The second-order valence-corrected chi connectivity index (χ2v) is 9.75. The molecule has 0 radical (unpaired) electrons. The number of carbonyl (C=O) groups excluding carboxylic acids is 1. The molecule has 0 saturated heterocycles. The number of thioether (sulfide) groups is 1. The molecule has 0 N–H and O–H groups in total. The summed E-state index contributed by atoms with van der Waals surface area (Å²) < 4.78 is 7.89. The number of nitrogens with zero attached hydrogens (tertiary/aromatic N) is 3. The number of thiophene rings is 1. The molecule has 3 rings (SSSR count). The SMILES string of the molecule is CC1CCC(C(C)C)C(OC(=O)CSc2nncn2CCc2cccs2)C1. The first-order chi connectivity index (χ1) is 13.0. The van der Waals surface area contributed by atoms with E-state index in [0.29, 0.717) is 17.8 Å². The average Bonchev–Trinajstić information content (AvgIpc) is 3.29. The maximum Gasteiger partial charge on any atom is 0.316 e. The van der Waals surface area contributed by atoms with Crippen molar-refractivity contribution >= 4 is 29.1 Å². The Morgan fingerprint density at radius 1 is 1.44 bits per heavy atom. The summed E-state index contributed by atoms with van der Waals surface area (Å²) in [4.78, 5) is 13.8. The quantitative estimate of drug-likeness (QED) is 0.470. The molecule has 0 spiro atoms. The van der Waals surface area contributed by atoms with Gasteiger partial charge in [-0.3, -0.25) is 4.79 Å². The molecule has 7 heteroatoms. The minimum Gasteiger partial charge on any atom is -0.461 e. The molecule has 0 aliphatic heterocycles. The molecule has 1 aliphatic rings. The molecule has 148 valence electrons. The number of esters is 1. The summed E-state index contributed by atoms with van der Waals surface area (Å²) in [6.45, 7) is 7.53. The predicted molar refractivity (Wildman–Crippen MR) is 110 cm³/mol. The molecule has 2 aromatic rings. The first kappa shape index (κ1) is 20.4. The average molecular weight is 408 g/mol. The molecule has 2 heterocycles. The molecular formula is C20H29N3O2S2. The van der Waals surface area contributed by atoms with Crippen molar-refractivity contribution in [2.24, 2.45) is 17.8 Å². The summed E-state index contributed by atoms with van der Waals surface area (Å²) in [6, 6.07) is 4.20. The van der Waals surface area contributed by atoms with Gasteiger partial charge in [0.1, 0.15) is 12.4 Å². The Bertz CT molecular complexity index is 715. The normalized spacial score (nSPS) is 22.9. The van der Waals surface area contributed by atoms with E-state index < -0.39 is 0 Å². The fourth-order valence-electron chi connectivity index (χ4n) is 3.77. The van der Waals surface area contributed by atoms with Gasteiger partial charge in [0.25, 0.3) is 0 Å². The van der Waals surface area contributed by atoms with Crippen molar-refractivity contribution in [1.29, 1.82) is 0 Å². The lowest BCUT2D eigenvalue weighted by molar-refractivity contribution is -0.152. The van der Waals surface area contributed by atoms with Gasteiger partial charge in [-0.25, -0.2) is 0 Å². The Labute approximate surface area is 169 Å². The molecule has 1 saturated carbocycles. The lowest BCUT2D eigenvalue weighted by Gasteiger charge is -2.36. The first-order valence-corrected chi connectivity index (χ1v) is 11.6. The standard InChI is InChI=1S/C20H29N3O2S2/c1-14(2)17-7-6-15(3)11-18(17)25-19(24)12-27-20-22-21-13-23(20)9-8-16-5-4-10-26-16/h4-5,10,13-15,17-18H,6-9,11-12H2,1-3H3. The first-order valence-electron chi connectivity index (χ1n) is 9.75. The minimum atomic E-state index is -0.141. The summed E-state index contributed by atoms with van der Waals surface area (Å²) in [5, 5.41) is 11.0. The Kier molecular flexibility index (Phi) is 7.35. The highest BCUT2D eigenvalue weighted by Crippen LogP contribution is 2.35. The van der Waals surface area contributed by atoms with E-state index in [1.807, 2.05) is 4.57 Å². The van der Waals surface area contributed by atoms with Gasteiger partial charge < -0.3 is 9.30 Å². The topological polar surface area (TPSA) is 57.0 Å². The molecule has 1 aliphatic carbocycles. The largest absolute Gasteiger partial charge is 0.461 e. The van der Waals surface area contributed by atoms with Crippen LogP contribution in [-0.4, -0.2) is 32.6 Å². The highest BCUT2D eigenvalue weighted by Gasteiger charge is 2.33. The Balaban J connectivity index is 1.49. The number of hydrogen-bond donors (Lipinski definition) is 0. The Morgan fingerprint density at radius 2 is 2.30 bits per heavy atom. The van der Waals surface area contributed by atoms with E-state index in [-0.39, 0.29) is 17.8 Å². The zero-order chi connectivity index (χ0) is 19.2. The van der Waals surface area contributed by atoms with Gasteiger partial charge in [-0.2, -0.15) is 0 Å².